The first-order valence-electron chi connectivity index (χ1n) is 18.5. The highest BCUT2D eigenvalue weighted by Gasteiger charge is 2.38. The zero-order chi connectivity index (χ0) is 40.8. The molecule has 13 nitrogen and oxygen atoms in total. The van der Waals surface area contributed by atoms with Crippen molar-refractivity contribution in [3.63, 3.8) is 0 Å². The van der Waals surface area contributed by atoms with E-state index < -0.39 is 12.1 Å². The number of nitrogens with zero attached hydrogens (tertiary/aromatic N) is 2. The molecule has 2 aliphatic rings. The lowest BCUT2D eigenvalue weighted by Gasteiger charge is -2.24. The predicted octanol–water partition coefficient (Wildman–Crippen LogP) is 6.26. The van der Waals surface area contributed by atoms with Crippen LogP contribution in [0.1, 0.15) is 70.5 Å². The van der Waals surface area contributed by atoms with Crippen LogP contribution in [0.15, 0.2) is 77.6 Å². The number of nitrogens with one attached hydrogen (secondary N) is 3. The van der Waals surface area contributed by atoms with Crippen molar-refractivity contribution in [1.82, 2.24) is 15.2 Å². The molecule has 0 bridgehead atoms. The first-order valence-corrected chi connectivity index (χ1v) is 19.4. The standard InChI is InChI=1S/C38H44N6O5S.C2HF3O2/c39-29(20-31-24-50-25-41-31)21-40-17-3-1-2-4-18-48-33-14-10-30(11-15-33)42-37(46)27-7-5-26(6-8-27)22-44(32-12-13-32)38(47)28-9-16-34-35(19-28)49-23-36(45)43-34;3-2(4,5)1(6)7/h5-11,14-16,19,24-25,29,32,40H,1-4,12-13,17-18,20-23,39H2,(H,42,46)(H,43,45);(H,6,7)/t29-;/m0./s1. The van der Waals surface area contributed by atoms with E-state index in [9.17, 15) is 27.6 Å². The van der Waals surface area contributed by atoms with Gasteiger partial charge in [0.15, 0.2) is 6.61 Å². The molecule has 57 heavy (non-hydrogen) atoms. The van der Waals surface area contributed by atoms with Crippen LogP contribution in [0.5, 0.6) is 11.5 Å². The van der Waals surface area contributed by atoms with Crippen molar-refractivity contribution in [3.05, 3.63) is 100 Å². The Morgan fingerprint density at radius 3 is 2.39 bits per heavy atom. The number of thiazole rings is 1. The number of aromatic nitrogens is 1. The Labute approximate surface area is 331 Å². The van der Waals surface area contributed by atoms with Gasteiger partial charge in [0, 0.05) is 53.8 Å². The first-order chi connectivity index (χ1) is 27.4. The molecule has 1 aliphatic carbocycles. The van der Waals surface area contributed by atoms with Crippen molar-refractivity contribution >= 4 is 46.4 Å². The zero-order valence-electron chi connectivity index (χ0n) is 31.1. The van der Waals surface area contributed by atoms with E-state index in [1.54, 1.807) is 41.7 Å². The number of rotatable bonds is 18. The number of aliphatic carboxylic acids is 1. The second kappa shape index (κ2) is 20.6. The average molecular weight is 811 g/mol. The lowest BCUT2D eigenvalue weighted by atomic mass is 10.1. The molecule has 6 rings (SSSR count). The van der Waals surface area contributed by atoms with Crippen LogP contribution in [0.2, 0.25) is 0 Å². The van der Waals surface area contributed by atoms with Gasteiger partial charge in [-0.25, -0.2) is 9.78 Å². The largest absolute Gasteiger partial charge is 0.494 e. The summed E-state index contributed by atoms with van der Waals surface area (Å²) in [5.41, 5.74) is 12.3. The number of amides is 3. The minimum Gasteiger partial charge on any atom is -0.494 e. The number of halogens is 3. The van der Waals surface area contributed by atoms with E-state index in [0.29, 0.717) is 41.4 Å². The third-order valence-corrected chi connectivity index (χ3v) is 9.55. The number of ether oxygens (including phenoxy) is 2. The van der Waals surface area contributed by atoms with Crippen LogP contribution in [-0.2, 0) is 22.6 Å². The molecule has 0 spiro atoms. The lowest BCUT2D eigenvalue weighted by Crippen LogP contribution is -2.36. The molecule has 1 saturated carbocycles. The molecule has 1 aromatic heterocycles. The van der Waals surface area contributed by atoms with Crippen LogP contribution < -0.4 is 31.2 Å². The number of hydrogen-bond donors (Lipinski definition) is 5. The summed E-state index contributed by atoms with van der Waals surface area (Å²) in [6.45, 7) is 2.77. The Bertz CT molecular complexity index is 1940. The van der Waals surface area contributed by atoms with Gasteiger partial charge in [0.2, 0.25) is 0 Å². The summed E-state index contributed by atoms with van der Waals surface area (Å²) in [6, 6.07) is 20.1. The van der Waals surface area contributed by atoms with Gasteiger partial charge in [0.1, 0.15) is 11.5 Å². The third-order valence-electron chi connectivity index (χ3n) is 8.91. The van der Waals surface area contributed by atoms with E-state index >= 15 is 0 Å². The molecular formula is C40H45F3N6O7S. The predicted molar refractivity (Wildman–Crippen MR) is 209 cm³/mol. The summed E-state index contributed by atoms with van der Waals surface area (Å²) in [7, 11) is 0. The Hall–Kier alpha value is -5.52. The van der Waals surface area contributed by atoms with Crippen LogP contribution in [-0.4, -0.2) is 83.2 Å². The highest BCUT2D eigenvalue weighted by molar-refractivity contribution is 7.07. The molecule has 0 saturated heterocycles. The van der Waals surface area contributed by atoms with Crippen molar-refractivity contribution in [3.8, 4) is 11.5 Å². The summed E-state index contributed by atoms with van der Waals surface area (Å²) >= 11 is 1.60. The number of hydrogen-bond acceptors (Lipinski definition) is 10. The van der Waals surface area contributed by atoms with Crippen molar-refractivity contribution < 1.29 is 46.9 Å². The van der Waals surface area contributed by atoms with Crippen molar-refractivity contribution in [2.24, 2.45) is 5.73 Å². The number of fused-ring (bicyclic) bond motifs is 1. The van der Waals surface area contributed by atoms with Gasteiger partial charge < -0.3 is 41.2 Å². The molecular weight excluding hydrogens is 766 g/mol. The highest BCUT2D eigenvalue weighted by Crippen LogP contribution is 2.33. The molecule has 6 N–H and O–H groups in total. The SMILES string of the molecule is N[C@H](CNCCCCCCOc1ccc(NC(=O)c2ccc(CN(C(=O)c3ccc4c(c3)OCC(=O)N4)C3CC3)cc2)cc1)Cc1cscn1.O=C(O)C(F)(F)F. The number of anilines is 2. The molecule has 1 aliphatic heterocycles. The topological polar surface area (TPSA) is 185 Å². The first kappa shape index (κ1) is 42.6. The summed E-state index contributed by atoms with van der Waals surface area (Å²) < 4.78 is 43.1. The molecule has 304 valence electrons. The second-order valence-electron chi connectivity index (χ2n) is 13.6. The van der Waals surface area contributed by atoms with Gasteiger partial charge in [0.05, 0.1) is 23.5 Å². The fourth-order valence-electron chi connectivity index (χ4n) is 5.78. The normalized spacial score (nSPS) is 13.9. The number of carbonyl (C=O) groups excluding carboxylic acids is 3. The molecule has 2 heterocycles. The van der Waals surface area contributed by atoms with Gasteiger partial charge in [-0.2, -0.15) is 13.2 Å². The summed E-state index contributed by atoms with van der Waals surface area (Å²) in [5, 5.41) is 18.3. The van der Waals surface area contributed by atoms with Crippen LogP contribution in [0, 0.1) is 0 Å². The smallest absolute Gasteiger partial charge is 0.490 e. The van der Waals surface area contributed by atoms with Crippen LogP contribution >= 0.6 is 11.3 Å². The Kier molecular flexibility index (Phi) is 15.4. The summed E-state index contributed by atoms with van der Waals surface area (Å²) in [5.74, 6) is -2.00. The van der Waals surface area contributed by atoms with E-state index in [0.717, 1.165) is 75.0 Å². The zero-order valence-corrected chi connectivity index (χ0v) is 31.9. The van der Waals surface area contributed by atoms with Crippen LogP contribution in [0.25, 0.3) is 0 Å². The molecule has 3 amide bonds. The van der Waals surface area contributed by atoms with Gasteiger partial charge in [-0.3, -0.25) is 14.4 Å². The van der Waals surface area contributed by atoms with Crippen molar-refractivity contribution in [2.45, 2.75) is 69.8 Å². The monoisotopic (exact) mass is 810 g/mol. The fraction of sp³-hybridized carbons (Fsp3) is 0.375. The third kappa shape index (κ3) is 13.9. The summed E-state index contributed by atoms with van der Waals surface area (Å²) in [6.07, 6.45) is 1.95. The molecule has 0 radical (unpaired) electrons. The molecule has 1 atom stereocenters. The minimum atomic E-state index is -5.08. The van der Waals surface area contributed by atoms with Crippen molar-refractivity contribution in [2.75, 3.05) is 36.9 Å². The number of alkyl halides is 3. The quantitative estimate of drug-likeness (QED) is 0.0719. The highest BCUT2D eigenvalue weighted by atomic mass is 32.1. The van der Waals surface area contributed by atoms with E-state index in [4.69, 9.17) is 25.1 Å². The van der Waals surface area contributed by atoms with Gasteiger partial charge in [-0.15, -0.1) is 11.3 Å². The molecule has 1 fully saturated rings. The number of nitrogens with two attached hydrogens (primary N) is 1. The van der Waals surface area contributed by atoms with Crippen LogP contribution in [0.4, 0.5) is 24.5 Å². The fourth-order valence-corrected chi connectivity index (χ4v) is 6.36. The maximum Gasteiger partial charge on any atom is 0.490 e. The number of carboxylic acid groups (broad SMARTS) is 1. The molecule has 0 unspecified atom stereocenters. The Morgan fingerprint density at radius 1 is 1.02 bits per heavy atom. The van der Waals surface area contributed by atoms with Crippen LogP contribution in [0.3, 0.4) is 0 Å². The number of carbonyl (C=O) groups is 4. The van der Waals surface area contributed by atoms with Gasteiger partial charge >= 0.3 is 12.1 Å². The van der Waals surface area contributed by atoms with Crippen molar-refractivity contribution in [1.29, 1.82) is 0 Å². The molecule has 4 aromatic rings. The van der Waals surface area contributed by atoms with Gasteiger partial charge in [-0.1, -0.05) is 25.0 Å². The summed E-state index contributed by atoms with van der Waals surface area (Å²) in [4.78, 5) is 53.1. The maximum absolute atomic E-state index is 13.5. The Balaban J connectivity index is 0.000000811. The number of benzene rings is 3. The average Bonchev–Trinajstić information content (AvgIpc) is 3.91. The van der Waals surface area contributed by atoms with E-state index in [1.165, 1.54) is 0 Å². The second-order valence-corrected chi connectivity index (χ2v) is 14.3. The minimum absolute atomic E-state index is 0.0662. The molecule has 17 heteroatoms. The number of carboxylic acids is 1. The van der Waals surface area contributed by atoms with E-state index in [1.807, 2.05) is 52.2 Å². The Morgan fingerprint density at radius 2 is 1.72 bits per heavy atom. The number of unbranched alkanes of at least 4 members (excludes halogenated alkanes) is 3. The van der Waals surface area contributed by atoms with Gasteiger partial charge in [-0.05, 0) is 92.4 Å². The lowest BCUT2D eigenvalue weighted by molar-refractivity contribution is -0.192. The molecule has 3 aromatic carbocycles. The van der Waals surface area contributed by atoms with E-state index in [2.05, 4.69) is 20.9 Å². The van der Waals surface area contributed by atoms with E-state index in [-0.39, 0.29) is 36.4 Å². The maximum atomic E-state index is 13.5. The van der Waals surface area contributed by atoms with Gasteiger partial charge in [0.25, 0.3) is 17.7 Å².